The van der Waals surface area contributed by atoms with Crippen molar-refractivity contribution in [2.75, 3.05) is 18.0 Å². The van der Waals surface area contributed by atoms with Crippen LogP contribution >= 0.6 is 11.8 Å². The van der Waals surface area contributed by atoms with Crippen molar-refractivity contribution < 1.29 is 0 Å². The van der Waals surface area contributed by atoms with Gasteiger partial charge in [0.1, 0.15) is 0 Å². The predicted octanol–water partition coefficient (Wildman–Crippen LogP) is 5.15. The van der Waals surface area contributed by atoms with Crippen LogP contribution in [0.2, 0.25) is 0 Å². The van der Waals surface area contributed by atoms with E-state index in [4.69, 9.17) is 0 Å². The van der Waals surface area contributed by atoms with E-state index in [0.717, 1.165) is 13.1 Å². The maximum Gasteiger partial charge on any atom is 0.0511 e. The molecule has 0 spiro atoms. The average molecular weight is 341 g/mol. The Hall–Kier alpha value is -1.45. The molecule has 1 N–H and O–H groups in total. The lowest BCUT2D eigenvalue weighted by Crippen LogP contribution is -2.54. The fourth-order valence-corrected chi connectivity index (χ4v) is 4.15. The number of nitrogens with one attached hydrogen (secondary N) is 1. The molecule has 2 atom stereocenters. The van der Waals surface area contributed by atoms with Crippen molar-refractivity contribution in [3.63, 3.8) is 0 Å². The maximum absolute atomic E-state index is 3.57. The monoisotopic (exact) mass is 340 g/mol. The lowest BCUT2D eigenvalue weighted by Gasteiger charge is -2.40. The van der Waals surface area contributed by atoms with Gasteiger partial charge in [-0.3, -0.25) is 0 Å². The smallest absolute Gasteiger partial charge is 0.0511 e. The SMILES string of the molecule is CC(C)c1ccc(Sc2ccccc2N2C[C@H](C)NC[C@H]2C)cc1. The third-order valence-electron chi connectivity index (χ3n) is 4.71. The molecule has 2 nitrogen and oxygen atoms in total. The maximum atomic E-state index is 3.57. The first-order valence-corrected chi connectivity index (χ1v) is 9.73. The summed E-state index contributed by atoms with van der Waals surface area (Å²) in [7, 11) is 0. The van der Waals surface area contributed by atoms with Crippen molar-refractivity contribution in [2.24, 2.45) is 0 Å². The molecule has 3 heteroatoms. The Kier molecular flexibility index (Phi) is 5.52. The van der Waals surface area contributed by atoms with Gasteiger partial charge in [0.05, 0.1) is 5.69 Å². The van der Waals surface area contributed by atoms with Gasteiger partial charge in [0, 0.05) is 35.0 Å². The summed E-state index contributed by atoms with van der Waals surface area (Å²) in [4.78, 5) is 5.20. The van der Waals surface area contributed by atoms with E-state index >= 15 is 0 Å². The van der Waals surface area contributed by atoms with Crippen molar-refractivity contribution in [3.05, 3.63) is 54.1 Å². The third-order valence-corrected chi connectivity index (χ3v) is 5.79. The van der Waals surface area contributed by atoms with Gasteiger partial charge in [-0.2, -0.15) is 0 Å². The second-order valence-corrected chi connectivity index (χ2v) is 8.22. The van der Waals surface area contributed by atoms with Crippen molar-refractivity contribution in [1.29, 1.82) is 0 Å². The number of hydrogen-bond donors (Lipinski definition) is 1. The summed E-state index contributed by atoms with van der Waals surface area (Å²) >= 11 is 1.87. The highest BCUT2D eigenvalue weighted by molar-refractivity contribution is 7.99. The molecule has 0 saturated carbocycles. The molecule has 3 rings (SSSR count). The van der Waals surface area contributed by atoms with Gasteiger partial charge in [0.15, 0.2) is 0 Å². The Morgan fingerprint density at radius 2 is 1.75 bits per heavy atom. The van der Waals surface area contributed by atoms with Crippen LogP contribution < -0.4 is 10.2 Å². The zero-order valence-corrected chi connectivity index (χ0v) is 15.9. The summed E-state index contributed by atoms with van der Waals surface area (Å²) < 4.78 is 0. The lowest BCUT2D eigenvalue weighted by molar-refractivity contribution is 0.423. The summed E-state index contributed by atoms with van der Waals surface area (Å²) in [6, 6.07) is 18.9. The molecule has 0 amide bonds. The van der Waals surface area contributed by atoms with Crippen LogP contribution in [0.25, 0.3) is 0 Å². The van der Waals surface area contributed by atoms with Gasteiger partial charge in [-0.05, 0) is 49.6 Å². The van der Waals surface area contributed by atoms with Gasteiger partial charge < -0.3 is 10.2 Å². The fourth-order valence-electron chi connectivity index (χ4n) is 3.19. The van der Waals surface area contributed by atoms with Crippen LogP contribution in [0.1, 0.15) is 39.2 Å². The lowest BCUT2D eigenvalue weighted by atomic mass is 10.0. The second kappa shape index (κ2) is 7.62. The minimum Gasteiger partial charge on any atom is -0.365 e. The van der Waals surface area contributed by atoms with Crippen molar-refractivity contribution in [3.8, 4) is 0 Å². The highest BCUT2D eigenvalue weighted by atomic mass is 32.2. The normalized spacial score (nSPS) is 21.3. The molecule has 1 heterocycles. The Morgan fingerprint density at radius 3 is 2.46 bits per heavy atom. The van der Waals surface area contributed by atoms with Crippen LogP contribution in [0.4, 0.5) is 5.69 Å². The standard InChI is InChI=1S/C21H28N2S/c1-15(2)18-9-11-19(12-10-18)24-21-8-6-5-7-20(21)23-14-16(3)22-13-17(23)4/h5-12,15-17,22H,13-14H2,1-4H3/t16-,17+/m0/s1. The predicted molar refractivity (Wildman–Crippen MR) is 105 cm³/mol. The molecule has 0 aromatic heterocycles. The molecule has 2 aromatic rings. The molecule has 128 valence electrons. The van der Waals surface area contributed by atoms with E-state index in [9.17, 15) is 0 Å². The molecule has 1 aliphatic heterocycles. The Labute approximate surface area is 150 Å². The highest BCUT2D eigenvalue weighted by Gasteiger charge is 2.24. The van der Waals surface area contributed by atoms with E-state index in [1.807, 2.05) is 11.8 Å². The Morgan fingerprint density at radius 1 is 1.04 bits per heavy atom. The first-order valence-electron chi connectivity index (χ1n) is 8.91. The number of nitrogens with zero attached hydrogens (tertiary/aromatic N) is 1. The number of piperazine rings is 1. The quantitative estimate of drug-likeness (QED) is 0.829. The molecule has 24 heavy (non-hydrogen) atoms. The van der Waals surface area contributed by atoms with Gasteiger partial charge in [-0.1, -0.05) is 49.9 Å². The van der Waals surface area contributed by atoms with Gasteiger partial charge in [0.2, 0.25) is 0 Å². The van der Waals surface area contributed by atoms with Gasteiger partial charge in [-0.15, -0.1) is 0 Å². The minimum absolute atomic E-state index is 0.520. The molecular formula is C21H28N2S. The summed E-state index contributed by atoms with van der Waals surface area (Å²) in [5.41, 5.74) is 2.76. The second-order valence-electron chi connectivity index (χ2n) is 7.10. The van der Waals surface area contributed by atoms with Gasteiger partial charge >= 0.3 is 0 Å². The minimum atomic E-state index is 0.520. The number of benzene rings is 2. The van der Waals surface area contributed by atoms with Crippen LogP contribution in [0.5, 0.6) is 0 Å². The molecule has 2 aromatic carbocycles. The number of anilines is 1. The molecule has 1 aliphatic rings. The number of rotatable bonds is 4. The van der Waals surface area contributed by atoms with E-state index in [1.165, 1.54) is 21.0 Å². The average Bonchev–Trinajstić information content (AvgIpc) is 2.58. The van der Waals surface area contributed by atoms with Gasteiger partial charge in [0.25, 0.3) is 0 Å². The Bertz CT molecular complexity index is 666. The third kappa shape index (κ3) is 3.96. The molecular weight excluding hydrogens is 312 g/mol. The van der Waals surface area contributed by atoms with Crippen LogP contribution in [0.3, 0.4) is 0 Å². The molecule has 0 radical (unpaired) electrons. The molecule has 1 fully saturated rings. The summed E-state index contributed by atoms with van der Waals surface area (Å²) in [6.45, 7) is 11.2. The van der Waals surface area contributed by atoms with E-state index in [1.54, 1.807) is 0 Å². The van der Waals surface area contributed by atoms with E-state index in [0.29, 0.717) is 18.0 Å². The Balaban J connectivity index is 1.83. The van der Waals surface area contributed by atoms with Crippen LogP contribution in [-0.2, 0) is 0 Å². The van der Waals surface area contributed by atoms with Crippen LogP contribution in [0.15, 0.2) is 58.3 Å². The summed E-state index contributed by atoms with van der Waals surface area (Å²) in [6.07, 6.45) is 0. The molecule has 1 saturated heterocycles. The first kappa shape index (κ1) is 17.4. The van der Waals surface area contributed by atoms with Crippen molar-refractivity contribution >= 4 is 17.4 Å². The first-order chi connectivity index (χ1) is 11.5. The zero-order valence-electron chi connectivity index (χ0n) is 15.1. The van der Waals surface area contributed by atoms with Crippen LogP contribution in [0, 0.1) is 0 Å². The highest BCUT2D eigenvalue weighted by Crippen LogP contribution is 2.37. The number of para-hydroxylation sites is 1. The molecule has 0 unspecified atom stereocenters. The van der Waals surface area contributed by atoms with E-state index in [2.05, 4.69) is 86.4 Å². The topological polar surface area (TPSA) is 15.3 Å². The van der Waals surface area contributed by atoms with Crippen molar-refractivity contribution in [1.82, 2.24) is 5.32 Å². The summed E-state index contributed by atoms with van der Waals surface area (Å²) in [5, 5.41) is 3.57. The van der Waals surface area contributed by atoms with E-state index < -0.39 is 0 Å². The van der Waals surface area contributed by atoms with Crippen molar-refractivity contribution in [2.45, 2.75) is 55.5 Å². The fraction of sp³-hybridized carbons (Fsp3) is 0.429. The van der Waals surface area contributed by atoms with E-state index in [-0.39, 0.29) is 0 Å². The zero-order chi connectivity index (χ0) is 17.1. The summed E-state index contributed by atoms with van der Waals surface area (Å²) in [5.74, 6) is 0.583. The largest absolute Gasteiger partial charge is 0.365 e. The molecule has 0 aliphatic carbocycles. The van der Waals surface area contributed by atoms with Gasteiger partial charge in [-0.25, -0.2) is 0 Å². The molecule has 0 bridgehead atoms. The van der Waals surface area contributed by atoms with Crippen LogP contribution in [-0.4, -0.2) is 25.2 Å². The number of hydrogen-bond acceptors (Lipinski definition) is 3.